The van der Waals surface area contributed by atoms with Gasteiger partial charge in [-0.1, -0.05) is 28.1 Å². The van der Waals surface area contributed by atoms with Gasteiger partial charge in [-0.2, -0.15) is 5.10 Å². The Bertz CT molecular complexity index is 738. The molecule has 1 aromatic heterocycles. The fourth-order valence-electron chi connectivity index (χ4n) is 2.38. The van der Waals surface area contributed by atoms with Crippen LogP contribution in [-0.4, -0.2) is 35.4 Å². The molecule has 0 saturated heterocycles. The predicted octanol–water partition coefficient (Wildman–Crippen LogP) is 2.89. The number of rotatable bonds is 6. The first-order chi connectivity index (χ1) is 11.5. The second kappa shape index (κ2) is 8.10. The van der Waals surface area contributed by atoms with E-state index in [4.69, 9.17) is 9.47 Å². The van der Waals surface area contributed by atoms with E-state index in [0.29, 0.717) is 30.0 Å². The Labute approximate surface area is 148 Å². The van der Waals surface area contributed by atoms with Crippen LogP contribution in [0.25, 0.3) is 0 Å². The third-order valence-electron chi connectivity index (χ3n) is 3.54. The first-order valence-corrected chi connectivity index (χ1v) is 8.30. The Morgan fingerprint density at radius 1 is 1.25 bits per heavy atom. The fraction of sp³-hybridized carbons (Fsp3) is 0.353. The van der Waals surface area contributed by atoms with E-state index in [9.17, 15) is 9.59 Å². The highest BCUT2D eigenvalue weighted by molar-refractivity contribution is 9.10. The van der Waals surface area contributed by atoms with Gasteiger partial charge in [0.25, 0.3) is 0 Å². The summed E-state index contributed by atoms with van der Waals surface area (Å²) in [5.41, 5.74) is 2.56. The molecule has 0 spiro atoms. The molecule has 1 heterocycles. The van der Waals surface area contributed by atoms with Gasteiger partial charge in [0.15, 0.2) is 0 Å². The first-order valence-electron chi connectivity index (χ1n) is 7.50. The van der Waals surface area contributed by atoms with Crippen LogP contribution < -0.4 is 0 Å². The number of halogens is 1. The van der Waals surface area contributed by atoms with Crippen LogP contribution >= 0.6 is 15.9 Å². The van der Waals surface area contributed by atoms with Crippen LogP contribution in [0.5, 0.6) is 0 Å². The van der Waals surface area contributed by atoms with Crippen molar-refractivity contribution in [2.75, 3.05) is 13.7 Å². The third-order valence-corrected chi connectivity index (χ3v) is 4.07. The number of carbonyl (C=O) groups excluding carboxylic acids is 2. The number of hydrogen-bond acceptors (Lipinski definition) is 5. The highest BCUT2D eigenvalue weighted by Gasteiger charge is 2.23. The molecule has 0 saturated carbocycles. The Hall–Kier alpha value is -2.15. The molecule has 0 unspecified atom stereocenters. The van der Waals surface area contributed by atoms with Crippen molar-refractivity contribution in [3.8, 4) is 0 Å². The molecule has 0 radical (unpaired) electrons. The minimum absolute atomic E-state index is 0.0377. The molecule has 24 heavy (non-hydrogen) atoms. The maximum absolute atomic E-state index is 12.1. The summed E-state index contributed by atoms with van der Waals surface area (Å²) in [4.78, 5) is 23.8. The van der Waals surface area contributed by atoms with Gasteiger partial charge in [0.1, 0.15) is 12.1 Å². The lowest BCUT2D eigenvalue weighted by atomic mass is 10.1. The quantitative estimate of drug-likeness (QED) is 0.704. The van der Waals surface area contributed by atoms with Gasteiger partial charge in [0, 0.05) is 10.9 Å². The lowest BCUT2D eigenvalue weighted by Crippen LogP contribution is -2.16. The number of nitrogens with zero attached hydrogens (tertiary/aromatic N) is 2. The maximum atomic E-state index is 12.1. The standard InChI is InChI=1S/C17H19BrN2O4/c1-4-24-15(21)10-20-11(2)16(17(22)23-3)14(19-20)9-12-5-7-13(18)8-6-12/h5-8H,4,9-10H2,1-3H3. The number of hydrogen-bond donors (Lipinski definition) is 0. The smallest absolute Gasteiger partial charge is 0.341 e. The predicted molar refractivity (Wildman–Crippen MR) is 91.9 cm³/mol. The molecule has 2 rings (SSSR count). The van der Waals surface area contributed by atoms with Crippen molar-refractivity contribution in [1.82, 2.24) is 9.78 Å². The van der Waals surface area contributed by atoms with E-state index < -0.39 is 11.9 Å². The second-order valence-corrected chi connectivity index (χ2v) is 6.08. The zero-order chi connectivity index (χ0) is 17.7. The molecule has 0 amide bonds. The summed E-state index contributed by atoms with van der Waals surface area (Å²) in [6.07, 6.45) is 0.467. The lowest BCUT2D eigenvalue weighted by molar-refractivity contribution is -0.144. The van der Waals surface area contributed by atoms with E-state index in [1.165, 1.54) is 11.8 Å². The molecular formula is C17H19BrN2O4. The molecule has 0 atom stereocenters. The highest BCUT2D eigenvalue weighted by Crippen LogP contribution is 2.20. The van der Waals surface area contributed by atoms with Crippen molar-refractivity contribution in [3.05, 3.63) is 51.3 Å². The first kappa shape index (κ1) is 18.2. The van der Waals surface area contributed by atoms with Crippen LogP contribution in [0.3, 0.4) is 0 Å². The van der Waals surface area contributed by atoms with Crippen molar-refractivity contribution in [2.24, 2.45) is 0 Å². The number of carbonyl (C=O) groups is 2. The molecule has 0 fully saturated rings. The van der Waals surface area contributed by atoms with Gasteiger partial charge in [0.05, 0.1) is 25.1 Å². The van der Waals surface area contributed by atoms with Crippen LogP contribution in [0.4, 0.5) is 0 Å². The van der Waals surface area contributed by atoms with Crippen LogP contribution in [0, 0.1) is 6.92 Å². The molecule has 0 aliphatic rings. The molecule has 0 aliphatic carbocycles. The summed E-state index contributed by atoms with van der Waals surface area (Å²) >= 11 is 3.39. The summed E-state index contributed by atoms with van der Waals surface area (Å²) in [7, 11) is 1.33. The normalized spacial score (nSPS) is 10.5. The second-order valence-electron chi connectivity index (χ2n) is 5.16. The summed E-state index contributed by atoms with van der Waals surface area (Å²) in [5.74, 6) is -0.857. The number of methoxy groups -OCH3 is 1. The van der Waals surface area contributed by atoms with Crippen LogP contribution in [-0.2, 0) is 27.2 Å². The zero-order valence-corrected chi connectivity index (χ0v) is 15.4. The summed E-state index contributed by atoms with van der Waals surface area (Å²) in [6, 6.07) is 7.75. The Morgan fingerprint density at radius 2 is 1.92 bits per heavy atom. The molecule has 7 heteroatoms. The van der Waals surface area contributed by atoms with Crippen molar-refractivity contribution in [3.63, 3.8) is 0 Å². The Morgan fingerprint density at radius 3 is 2.50 bits per heavy atom. The molecule has 6 nitrogen and oxygen atoms in total. The van der Waals surface area contributed by atoms with Gasteiger partial charge < -0.3 is 9.47 Å². The SMILES string of the molecule is CCOC(=O)Cn1nc(Cc2ccc(Br)cc2)c(C(=O)OC)c1C. The topological polar surface area (TPSA) is 70.4 Å². The number of esters is 2. The van der Waals surface area contributed by atoms with Crippen molar-refractivity contribution < 1.29 is 19.1 Å². The summed E-state index contributed by atoms with van der Waals surface area (Å²) in [5, 5.41) is 4.42. The average molecular weight is 395 g/mol. The monoisotopic (exact) mass is 394 g/mol. The lowest BCUT2D eigenvalue weighted by Gasteiger charge is -2.04. The number of ether oxygens (including phenoxy) is 2. The van der Waals surface area contributed by atoms with Crippen LogP contribution in [0.15, 0.2) is 28.7 Å². The van der Waals surface area contributed by atoms with Gasteiger partial charge in [-0.25, -0.2) is 4.79 Å². The van der Waals surface area contributed by atoms with E-state index in [2.05, 4.69) is 21.0 Å². The van der Waals surface area contributed by atoms with Crippen molar-refractivity contribution in [1.29, 1.82) is 0 Å². The molecule has 2 aromatic rings. The van der Waals surface area contributed by atoms with Gasteiger partial charge in [-0.15, -0.1) is 0 Å². The third kappa shape index (κ3) is 4.23. The van der Waals surface area contributed by atoms with E-state index in [1.807, 2.05) is 24.3 Å². The largest absolute Gasteiger partial charge is 0.465 e. The highest BCUT2D eigenvalue weighted by atomic mass is 79.9. The van der Waals surface area contributed by atoms with E-state index in [-0.39, 0.29) is 6.54 Å². The molecule has 1 aromatic carbocycles. The van der Waals surface area contributed by atoms with E-state index >= 15 is 0 Å². The maximum Gasteiger partial charge on any atom is 0.341 e. The van der Waals surface area contributed by atoms with Crippen LogP contribution in [0.1, 0.15) is 34.2 Å². The molecule has 128 valence electrons. The van der Waals surface area contributed by atoms with Gasteiger partial charge in [-0.05, 0) is 31.5 Å². The number of benzene rings is 1. The van der Waals surface area contributed by atoms with Gasteiger partial charge >= 0.3 is 11.9 Å². The Kier molecular flexibility index (Phi) is 6.14. The minimum atomic E-state index is -0.463. The molecule has 0 bridgehead atoms. The van der Waals surface area contributed by atoms with Gasteiger partial charge in [-0.3, -0.25) is 9.48 Å². The van der Waals surface area contributed by atoms with Crippen molar-refractivity contribution in [2.45, 2.75) is 26.8 Å². The Balaban J connectivity index is 2.35. The minimum Gasteiger partial charge on any atom is -0.465 e. The van der Waals surface area contributed by atoms with E-state index in [1.54, 1.807) is 13.8 Å². The fourth-order valence-corrected chi connectivity index (χ4v) is 2.64. The number of aromatic nitrogens is 2. The van der Waals surface area contributed by atoms with Crippen LogP contribution in [0.2, 0.25) is 0 Å². The van der Waals surface area contributed by atoms with Crippen molar-refractivity contribution >= 4 is 27.9 Å². The average Bonchev–Trinajstić information content (AvgIpc) is 2.85. The van der Waals surface area contributed by atoms with E-state index in [0.717, 1.165) is 10.0 Å². The summed E-state index contributed by atoms with van der Waals surface area (Å²) in [6.45, 7) is 3.75. The van der Waals surface area contributed by atoms with Gasteiger partial charge in [0.2, 0.25) is 0 Å². The molecule has 0 N–H and O–H groups in total. The molecule has 0 aliphatic heterocycles. The zero-order valence-electron chi connectivity index (χ0n) is 13.8. The summed E-state index contributed by atoms with van der Waals surface area (Å²) < 4.78 is 12.3. The molecular weight excluding hydrogens is 376 g/mol.